The van der Waals surface area contributed by atoms with Gasteiger partial charge in [-0.25, -0.2) is 0 Å². The Kier molecular flexibility index (Phi) is 3.70. The highest BCUT2D eigenvalue weighted by molar-refractivity contribution is 9.11. The molecule has 1 aromatic rings. The maximum absolute atomic E-state index is 12.8. The predicted octanol–water partition coefficient (Wildman–Crippen LogP) is 4.84. The molecule has 1 aliphatic heterocycles. The van der Waals surface area contributed by atoms with Crippen LogP contribution >= 0.6 is 31.9 Å². The number of fused-ring (bicyclic) bond motifs is 1. The monoisotopic (exact) mass is 466 g/mol. The Morgan fingerprint density at radius 1 is 1.20 bits per heavy atom. The fraction of sp³-hybridized carbons (Fsp3) is 0.500. The zero-order chi connectivity index (χ0) is 18.3. The Bertz CT molecular complexity index is 855. The number of carbonyl (C=O) groups is 2. The highest BCUT2D eigenvalue weighted by Crippen LogP contribution is 2.64. The number of carbonyl (C=O) groups excluding carboxylic acids is 2. The normalized spacial score (nSPS) is 34.6. The summed E-state index contributed by atoms with van der Waals surface area (Å²) >= 11 is 7.50. The first-order valence-electron chi connectivity index (χ1n) is 8.60. The smallest absolute Gasteiger partial charge is 0.311 e. The summed E-state index contributed by atoms with van der Waals surface area (Å²) in [7, 11) is 0. The van der Waals surface area contributed by atoms with Crippen LogP contribution in [-0.4, -0.2) is 17.9 Å². The molecule has 3 nitrogen and oxygen atoms in total. The molecule has 1 fully saturated rings. The number of ketones is 1. The first-order valence-corrected chi connectivity index (χ1v) is 10.2. The molecule has 1 saturated heterocycles. The third kappa shape index (κ3) is 1.97. The van der Waals surface area contributed by atoms with E-state index in [1.807, 2.05) is 6.08 Å². The van der Waals surface area contributed by atoms with Gasteiger partial charge in [-0.15, -0.1) is 0 Å². The Balaban J connectivity index is 2.14. The summed E-state index contributed by atoms with van der Waals surface area (Å²) in [6.07, 6.45) is 3.72. The molecule has 4 atom stereocenters. The molecule has 1 aromatic carbocycles. The first-order chi connectivity index (χ1) is 11.6. The van der Waals surface area contributed by atoms with Gasteiger partial charge in [-0.1, -0.05) is 65.6 Å². The second kappa shape index (κ2) is 5.29. The summed E-state index contributed by atoms with van der Waals surface area (Å²) in [5.74, 6) is -0.941. The maximum atomic E-state index is 12.8. The van der Waals surface area contributed by atoms with E-state index >= 15 is 0 Å². The molecule has 4 rings (SSSR count). The van der Waals surface area contributed by atoms with Crippen LogP contribution in [0.5, 0.6) is 0 Å². The van der Waals surface area contributed by atoms with E-state index in [0.29, 0.717) is 0 Å². The van der Waals surface area contributed by atoms with E-state index in [2.05, 4.69) is 65.6 Å². The van der Waals surface area contributed by atoms with Crippen LogP contribution in [0.1, 0.15) is 50.3 Å². The van der Waals surface area contributed by atoms with Gasteiger partial charge in [-0.2, -0.15) is 0 Å². The van der Waals surface area contributed by atoms with E-state index in [4.69, 9.17) is 4.74 Å². The third-order valence-corrected chi connectivity index (χ3v) is 8.37. The molecule has 0 unspecified atom stereocenters. The van der Waals surface area contributed by atoms with Crippen LogP contribution in [-0.2, 0) is 26.2 Å². The third-order valence-electron chi connectivity index (χ3n) is 6.76. The number of esters is 1. The van der Waals surface area contributed by atoms with Gasteiger partial charge >= 0.3 is 5.97 Å². The molecular weight excluding hydrogens is 448 g/mol. The molecule has 0 N–H and O–H groups in total. The number of rotatable bonds is 1. The minimum atomic E-state index is -0.715. The molecule has 1 heterocycles. The highest BCUT2D eigenvalue weighted by Gasteiger charge is 2.65. The number of ether oxygens (including phenoxy) is 1. The molecule has 5 heteroatoms. The van der Waals surface area contributed by atoms with Gasteiger partial charge < -0.3 is 4.74 Å². The van der Waals surface area contributed by atoms with E-state index in [-0.39, 0.29) is 29.0 Å². The Morgan fingerprint density at radius 2 is 1.88 bits per heavy atom. The lowest BCUT2D eigenvalue weighted by molar-refractivity contribution is -0.150. The minimum Gasteiger partial charge on any atom is -0.453 e. The van der Waals surface area contributed by atoms with E-state index in [9.17, 15) is 9.59 Å². The molecule has 2 aliphatic carbocycles. The molecule has 3 aliphatic rings. The van der Waals surface area contributed by atoms with Gasteiger partial charge in [0, 0.05) is 20.3 Å². The average Bonchev–Trinajstić information content (AvgIpc) is 2.84. The summed E-state index contributed by atoms with van der Waals surface area (Å²) in [6, 6.07) is 2.18. The lowest BCUT2D eigenvalue weighted by Crippen LogP contribution is -2.51. The zero-order valence-electron chi connectivity index (χ0n) is 14.7. The van der Waals surface area contributed by atoms with Crippen LogP contribution in [0.3, 0.4) is 0 Å². The van der Waals surface area contributed by atoms with Gasteiger partial charge in [-0.05, 0) is 40.7 Å². The van der Waals surface area contributed by atoms with Crippen LogP contribution in [0.25, 0.3) is 0 Å². The van der Waals surface area contributed by atoms with E-state index in [1.54, 1.807) is 6.08 Å². The Morgan fingerprint density at radius 3 is 2.52 bits per heavy atom. The topological polar surface area (TPSA) is 43.4 Å². The molecule has 0 radical (unpaired) electrons. The van der Waals surface area contributed by atoms with Crippen LogP contribution in [0.15, 0.2) is 27.2 Å². The summed E-state index contributed by atoms with van der Waals surface area (Å²) < 4.78 is 7.66. The van der Waals surface area contributed by atoms with Crippen LogP contribution in [0.2, 0.25) is 0 Å². The maximum Gasteiger partial charge on any atom is 0.311 e. The molecule has 0 saturated carbocycles. The van der Waals surface area contributed by atoms with Crippen molar-refractivity contribution in [2.45, 2.75) is 51.6 Å². The van der Waals surface area contributed by atoms with Gasteiger partial charge in [-0.3, -0.25) is 9.59 Å². The zero-order valence-corrected chi connectivity index (χ0v) is 17.8. The van der Waals surface area contributed by atoms with Crippen molar-refractivity contribution in [2.24, 2.45) is 11.3 Å². The SMILES string of the molecule is CCc1c(Br)cc2c(c1Br)[C@@H]1[C@H]3OC(=O)[C@@H]1[C@](C)(C=CC3=O)C2(C)C. The average molecular weight is 468 g/mol. The standard InChI is InChI=1S/C20H20Br2O3/c1-5-9-11(21)8-10-13(16(9)22)14-15-18(24)25-17(14)12(23)6-7-20(15,4)19(10,2)3/h6-8,14-15,17H,5H2,1-4H3/t14-,15+,17-,20-/m0/s1. The number of hydrogen-bond acceptors (Lipinski definition) is 3. The summed E-state index contributed by atoms with van der Waals surface area (Å²) in [6.45, 7) is 8.51. The minimum absolute atomic E-state index is 0.110. The fourth-order valence-electron chi connectivity index (χ4n) is 4.95. The summed E-state index contributed by atoms with van der Waals surface area (Å²) in [4.78, 5) is 25.4. The Labute approximate surface area is 164 Å². The quantitative estimate of drug-likeness (QED) is 0.555. The van der Waals surface area contributed by atoms with Crippen molar-refractivity contribution in [3.63, 3.8) is 0 Å². The van der Waals surface area contributed by atoms with Crippen molar-refractivity contribution in [1.82, 2.24) is 0 Å². The van der Waals surface area contributed by atoms with E-state index in [1.165, 1.54) is 5.56 Å². The number of hydrogen-bond donors (Lipinski definition) is 0. The Hall–Kier alpha value is -0.940. The van der Waals surface area contributed by atoms with E-state index in [0.717, 1.165) is 26.5 Å². The molecule has 0 spiro atoms. The molecular formula is C20H20Br2O3. The summed E-state index contributed by atoms with van der Waals surface area (Å²) in [5, 5.41) is 0. The lowest BCUT2D eigenvalue weighted by Gasteiger charge is -2.52. The van der Waals surface area contributed by atoms with Crippen molar-refractivity contribution in [2.75, 3.05) is 0 Å². The number of halogens is 2. The predicted molar refractivity (Wildman–Crippen MR) is 103 cm³/mol. The largest absolute Gasteiger partial charge is 0.453 e. The van der Waals surface area contributed by atoms with Crippen molar-refractivity contribution < 1.29 is 14.3 Å². The van der Waals surface area contributed by atoms with Gasteiger partial charge in [0.1, 0.15) is 0 Å². The van der Waals surface area contributed by atoms with E-state index < -0.39 is 11.5 Å². The van der Waals surface area contributed by atoms with Gasteiger partial charge in [0.25, 0.3) is 0 Å². The molecule has 4 bridgehead atoms. The highest BCUT2D eigenvalue weighted by atomic mass is 79.9. The van der Waals surface area contributed by atoms with Gasteiger partial charge in [0.2, 0.25) is 0 Å². The van der Waals surface area contributed by atoms with Crippen molar-refractivity contribution in [3.05, 3.63) is 43.9 Å². The second-order valence-corrected chi connectivity index (χ2v) is 9.62. The lowest BCUT2D eigenvalue weighted by atomic mass is 9.49. The first kappa shape index (κ1) is 17.5. The second-order valence-electron chi connectivity index (χ2n) is 7.97. The number of benzene rings is 1. The van der Waals surface area contributed by atoms with Crippen LogP contribution < -0.4 is 0 Å². The van der Waals surface area contributed by atoms with Crippen molar-refractivity contribution in [1.29, 1.82) is 0 Å². The van der Waals surface area contributed by atoms with Gasteiger partial charge in [0.15, 0.2) is 11.9 Å². The van der Waals surface area contributed by atoms with Crippen LogP contribution in [0.4, 0.5) is 0 Å². The number of allylic oxidation sites excluding steroid dienone is 1. The van der Waals surface area contributed by atoms with Gasteiger partial charge in [0.05, 0.1) is 5.92 Å². The molecule has 132 valence electrons. The summed E-state index contributed by atoms with van der Waals surface area (Å²) in [5.41, 5.74) is 2.61. The van der Waals surface area contributed by atoms with Crippen molar-refractivity contribution >= 4 is 43.6 Å². The molecule has 0 aromatic heterocycles. The van der Waals surface area contributed by atoms with Crippen LogP contribution in [0, 0.1) is 11.3 Å². The van der Waals surface area contributed by atoms with Crippen molar-refractivity contribution in [3.8, 4) is 0 Å². The molecule has 25 heavy (non-hydrogen) atoms. The fourth-order valence-corrected chi connectivity index (χ4v) is 6.89. The molecule has 0 amide bonds.